The summed E-state index contributed by atoms with van der Waals surface area (Å²) in [5.74, 6) is 0.233. The number of hydrogen-bond acceptors (Lipinski definition) is 1. The third kappa shape index (κ3) is 2.29. The maximum absolute atomic E-state index is 13.6. The number of aromatic amines is 1. The first kappa shape index (κ1) is 14.1. The van der Waals surface area contributed by atoms with Crippen molar-refractivity contribution >= 4 is 34.9 Å². The second-order valence-corrected chi connectivity index (χ2v) is 6.40. The number of fused-ring (bicyclic) bond motifs is 1. The van der Waals surface area contributed by atoms with E-state index in [2.05, 4.69) is 16.5 Å². The van der Waals surface area contributed by atoms with Gasteiger partial charge in [0.05, 0.1) is 16.1 Å². The number of H-pyrrole nitrogens is 1. The van der Waals surface area contributed by atoms with Crippen molar-refractivity contribution in [1.82, 2.24) is 9.55 Å². The number of hydrogen-bond donors (Lipinski definition) is 1. The predicted molar refractivity (Wildman–Crippen MR) is 83.4 cm³/mol. The Kier molecular flexibility index (Phi) is 3.87. The largest absolute Gasteiger partial charge is 0.330 e. The average Bonchev–Trinajstić information content (AvgIpc) is 2.74. The maximum atomic E-state index is 13.6. The molecule has 5 heteroatoms. The van der Waals surface area contributed by atoms with Gasteiger partial charge in [-0.2, -0.15) is 0 Å². The lowest BCUT2D eigenvalue weighted by Gasteiger charge is -2.32. The highest BCUT2D eigenvalue weighted by atomic mass is 35.5. The maximum Gasteiger partial charge on any atom is 0.178 e. The molecule has 1 fully saturated rings. The summed E-state index contributed by atoms with van der Waals surface area (Å²) in [6, 6.07) is 3.53. The summed E-state index contributed by atoms with van der Waals surface area (Å²) in [6.07, 6.45) is 6.04. The van der Waals surface area contributed by atoms with E-state index in [9.17, 15) is 4.39 Å². The molecule has 0 bridgehead atoms. The van der Waals surface area contributed by atoms with Crippen LogP contribution in [0.15, 0.2) is 12.1 Å². The van der Waals surface area contributed by atoms with Gasteiger partial charge in [-0.25, -0.2) is 4.39 Å². The molecule has 0 aliphatic heterocycles. The quantitative estimate of drug-likeness (QED) is 0.712. The Morgan fingerprint density at radius 3 is 2.90 bits per heavy atom. The van der Waals surface area contributed by atoms with E-state index in [4.69, 9.17) is 23.8 Å². The molecule has 2 nitrogen and oxygen atoms in total. The van der Waals surface area contributed by atoms with E-state index in [0.717, 1.165) is 23.9 Å². The lowest BCUT2D eigenvalue weighted by atomic mass is 9.82. The lowest BCUT2D eigenvalue weighted by Crippen LogP contribution is -2.22. The van der Waals surface area contributed by atoms with Crippen LogP contribution in [-0.4, -0.2) is 9.55 Å². The van der Waals surface area contributed by atoms with Crippen LogP contribution in [-0.2, 0) is 0 Å². The summed E-state index contributed by atoms with van der Waals surface area (Å²) in [5, 5.41) is 0.157. The predicted octanol–water partition coefficient (Wildman–Crippen LogP) is 5.63. The molecule has 2 unspecified atom stereocenters. The van der Waals surface area contributed by atoms with Crippen molar-refractivity contribution in [1.29, 1.82) is 0 Å². The second-order valence-electron chi connectivity index (χ2n) is 5.60. The van der Waals surface area contributed by atoms with Crippen LogP contribution in [0.5, 0.6) is 0 Å². The Morgan fingerprint density at radius 1 is 1.40 bits per heavy atom. The molecule has 3 rings (SSSR count). The van der Waals surface area contributed by atoms with E-state index in [1.807, 2.05) is 0 Å². The van der Waals surface area contributed by atoms with Crippen LogP contribution < -0.4 is 0 Å². The van der Waals surface area contributed by atoms with E-state index < -0.39 is 5.82 Å². The fourth-order valence-electron chi connectivity index (χ4n) is 3.45. The highest BCUT2D eigenvalue weighted by Crippen LogP contribution is 2.38. The van der Waals surface area contributed by atoms with Gasteiger partial charge in [-0.15, -0.1) is 0 Å². The van der Waals surface area contributed by atoms with Crippen LogP contribution in [0.1, 0.15) is 45.1 Å². The Bertz CT molecular complexity index is 691. The Balaban J connectivity index is 2.17. The van der Waals surface area contributed by atoms with Gasteiger partial charge in [-0.3, -0.25) is 0 Å². The van der Waals surface area contributed by atoms with Crippen LogP contribution in [0.2, 0.25) is 5.02 Å². The summed E-state index contributed by atoms with van der Waals surface area (Å²) >= 11 is 11.4. The molecule has 2 atom stereocenters. The van der Waals surface area contributed by atoms with Crippen molar-refractivity contribution in [2.24, 2.45) is 5.92 Å². The van der Waals surface area contributed by atoms with Gasteiger partial charge < -0.3 is 9.55 Å². The molecular formula is C15H18ClFN2S. The number of benzene rings is 1. The molecule has 0 saturated heterocycles. The van der Waals surface area contributed by atoms with E-state index in [0.29, 0.717) is 16.7 Å². The Morgan fingerprint density at radius 2 is 2.15 bits per heavy atom. The van der Waals surface area contributed by atoms with E-state index >= 15 is 0 Å². The molecule has 1 aromatic carbocycles. The van der Waals surface area contributed by atoms with Crippen LogP contribution in [0.3, 0.4) is 0 Å². The first-order valence-electron chi connectivity index (χ1n) is 7.21. The van der Waals surface area contributed by atoms with Gasteiger partial charge in [0.2, 0.25) is 0 Å². The van der Waals surface area contributed by atoms with Crippen LogP contribution in [0.25, 0.3) is 11.0 Å². The number of aromatic nitrogens is 2. The van der Waals surface area contributed by atoms with Crippen molar-refractivity contribution in [3.8, 4) is 0 Å². The van der Waals surface area contributed by atoms with Gasteiger partial charge in [-0.1, -0.05) is 37.8 Å². The minimum absolute atomic E-state index is 0.157. The molecule has 1 aromatic heterocycles. The molecule has 1 aliphatic carbocycles. The van der Waals surface area contributed by atoms with Crippen LogP contribution >= 0.6 is 23.8 Å². The molecule has 108 valence electrons. The van der Waals surface area contributed by atoms with Crippen LogP contribution in [0, 0.1) is 16.5 Å². The highest BCUT2D eigenvalue weighted by Gasteiger charge is 2.27. The van der Waals surface area contributed by atoms with Gasteiger partial charge >= 0.3 is 0 Å². The standard InChI is InChI=1S/C15H18ClFN2S/c1-2-9-5-3-4-6-13(9)19-14-7-10(16)11(17)8-12(14)18-15(19)20/h7-9,13H,2-6H2,1H3,(H,18,20). The Labute approximate surface area is 127 Å². The molecule has 0 radical (unpaired) electrons. The molecule has 20 heavy (non-hydrogen) atoms. The number of nitrogens with one attached hydrogen (secondary N) is 1. The van der Waals surface area contributed by atoms with Gasteiger partial charge in [0.15, 0.2) is 4.77 Å². The summed E-state index contributed by atoms with van der Waals surface area (Å²) in [5.41, 5.74) is 1.66. The smallest absolute Gasteiger partial charge is 0.178 e. The monoisotopic (exact) mass is 312 g/mol. The first-order chi connectivity index (χ1) is 9.61. The molecule has 1 aliphatic rings. The summed E-state index contributed by atoms with van der Waals surface area (Å²) in [7, 11) is 0. The fraction of sp³-hybridized carbons (Fsp3) is 0.533. The fourth-order valence-corrected chi connectivity index (χ4v) is 3.96. The van der Waals surface area contributed by atoms with Crippen molar-refractivity contribution in [3.05, 3.63) is 27.7 Å². The van der Waals surface area contributed by atoms with Gasteiger partial charge in [0.1, 0.15) is 5.82 Å². The lowest BCUT2D eigenvalue weighted by molar-refractivity contribution is 0.235. The molecule has 2 aromatic rings. The van der Waals surface area contributed by atoms with Gasteiger partial charge in [0, 0.05) is 12.1 Å². The third-order valence-corrected chi connectivity index (χ3v) is 5.07. The number of nitrogens with zero attached hydrogens (tertiary/aromatic N) is 1. The minimum Gasteiger partial charge on any atom is -0.330 e. The molecule has 0 spiro atoms. The van der Waals surface area contributed by atoms with Gasteiger partial charge in [0.25, 0.3) is 0 Å². The third-order valence-electron chi connectivity index (χ3n) is 4.48. The normalized spacial score (nSPS) is 23.4. The van der Waals surface area contributed by atoms with Crippen molar-refractivity contribution in [2.75, 3.05) is 0 Å². The molecule has 1 heterocycles. The van der Waals surface area contributed by atoms with Crippen molar-refractivity contribution in [3.63, 3.8) is 0 Å². The SMILES string of the molecule is CCC1CCCCC1n1c(=S)[nH]c2cc(F)c(Cl)cc21. The van der Waals surface area contributed by atoms with Crippen LogP contribution in [0.4, 0.5) is 4.39 Å². The zero-order chi connectivity index (χ0) is 14.3. The zero-order valence-corrected chi connectivity index (χ0v) is 13.0. The number of halogens is 2. The number of rotatable bonds is 2. The molecule has 1 N–H and O–H groups in total. The summed E-state index contributed by atoms with van der Waals surface area (Å²) in [4.78, 5) is 3.12. The Hall–Kier alpha value is -0.870. The number of imidazole rings is 1. The summed E-state index contributed by atoms with van der Waals surface area (Å²) in [6.45, 7) is 2.23. The highest BCUT2D eigenvalue weighted by molar-refractivity contribution is 7.71. The second kappa shape index (κ2) is 5.49. The topological polar surface area (TPSA) is 20.7 Å². The first-order valence-corrected chi connectivity index (χ1v) is 7.99. The van der Waals surface area contributed by atoms with Gasteiger partial charge in [-0.05, 0) is 37.0 Å². The minimum atomic E-state index is -0.404. The van der Waals surface area contributed by atoms with E-state index in [1.54, 1.807) is 6.07 Å². The summed E-state index contributed by atoms with van der Waals surface area (Å²) < 4.78 is 16.4. The molecule has 0 amide bonds. The molecule has 1 saturated carbocycles. The average molecular weight is 313 g/mol. The van der Waals surface area contributed by atoms with E-state index in [-0.39, 0.29) is 5.02 Å². The van der Waals surface area contributed by atoms with Crippen molar-refractivity contribution in [2.45, 2.75) is 45.1 Å². The van der Waals surface area contributed by atoms with Crippen molar-refractivity contribution < 1.29 is 4.39 Å². The zero-order valence-electron chi connectivity index (χ0n) is 11.5. The molecular weight excluding hydrogens is 295 g/mol. The van der Waals surface area contributed by atoms with E-state index in [1.165, 1.54) is 25.3 Å².